The lowest BCUT2D eigenvalue weighted by atomic mass is 10.0. The summed E-state index contributed by atoms with van der Waals surface area (Å²) in [7, 11) is 0. The average Bonchev–Trinajstić information content (AvgIpc) is 3.26. The number of aromatic hydroxyl groups is 1. The molecule has 1 heteroatoms. The zero-order valence-corrected chi connectivity index (χ0v) is 14.6. The second-order valence-corrected chi connectivity index (χ2v) is 7.15. The van der Waals surface area contributed by atoms with Crippen LogP contribution in [0.5, 0.6) is 5.75 Å². The van der Waals surface area contributed by atoms with Crippen LogP contribution in [0.1, 0.15) is 11.1 Å². The molecule has 2 aliphatic carbocycles. The molecule has 0 aromatic heterocycles. The average molecular weight is 344 g/mol. The summed E-state index contributed by atoms with van der Waals surface area (Å²) in [5.41, 5.74) is 7.35. The van der Waals surface area contributed by atoms with E-state index in [4.69, 9.17) is 0 Å². The van der Waals surface area contributed by atoms with Crippen LogP contribution < -0.4 is 10.4 Å². The molecule has 0 aliphatic heterocycles. The molecular formula is C26H16O. The molecule has 0 heterocycles. The molecule has 2 aliphatic rings. The molecule has 0 fully saturated rings. The monoisotopic (exact) mass is 344 g/mol. The van der Waals surface area contributed by atoms with Gasteiger partial charge in [-0.1, -0.05) is 72.8 Å². The fraction of sp³-hybridized carbons (Fsp3) is 0. The Bertz CT molecular complexity index is 1480. The third kappa shape index (κ3) is 1.94. The third-order valence-corrected chi connectivity index (χ3v) is 5.70. The van der Waals surface area contributed by atoms with Gasteiger partial charge >= 0.3 is 0 Å². The highest BCUT2D eigenvalue weighted by atomic mass is 16.3. The van der Waals surface area contributed by atoms with Gasteiger partial charge in [-0.15, -0.1) is 0 Å². The van der Waals surface area contributed by atoms with Crippen LogP contribution in [0, 0.1) is 10.4 Å². The largest absolute Gasteiger partial charge is 0.507 e. The first kappa shape index (κ1) is 14.6. The lowest BCUT2D eigenvalue weighted by Gasteiger charge is -2.03. The number of fused-ring (bicyclic) bond motifs is 6. The first-order chi connectivity index (χ1) is 13.3. The second-order valence-electron chi connectivity index (χ2n) is 7.15. The maximum Gasteiger partial charge on any atom is 0.124 e. The Morgan fingerprint density at radius 1 is 0.481 bits per heavy atom. The quantitative estimate of drug-likeness (QED) is 0.436. The van der Waals surface area contributed by atoms with E-state index in [9.17, 15) is 5.11 Å². The van der Waals surface area contributed by atoms with Gasteiger partial charge in [0.15, 0.2) is 0 Å². The van der Waals surface area contributed by atoms with E-state index in [1.807, 2.05) is 12.1 Å². The summed E-state index contributed by atoms with van der Waals surface area (Å²) < 4.78 is 0. The van der Waals surface area contributed by atoms with Crippen molar-refractivity contribution < 1.29 is 5.11 Å². The number of phenolic OH excluding ortho intramolecular Hbond substituents is 1. The van der Waals surface area contributed by atoms with Crippen LogP contribution >= 0.6 is 0 Å². The van der Waals surface area contributed by atoms with Gasteiger partial charge in [0, 0.05) is 5.22 Å². The third-order valence-electron chi connectivity index (χ3n) is 5.70. The van der Waals surface area contributed by atoms with Crippen molar-refractivity contribution in [2.24, 2.45) is 0 Å². The van der Waals surface area contributed by atoms with E-state index in [1.54, 1.807) is 0 Å². The van der Waals surface area contributed by atoms with Crippen LogP contribution in [0.25, 0.3) is 34.4 Å². The van der Waals surface area contributed by atoms with E-state index in [0.29, 0.717) is 5.75 Å². The van der Waals surface area contributed by atoms with Crippen molar-refractivity contribution in [1.82, 2.24) is 0 Å². The SMILES string of the molecule is Oc1ccc2c(c1=c1cccc3c1=Cc1ccccc1-3)=Cc1ccccc1-2. The highest BCUT2D eigenvalue weighted by Crippen LogP contribution is 2.29. The minimum Gasteiger partial charge on any atom is -0.507 e. The lowest BCUT2D eigenvalue weighted by molar-refractivity contribution is 0.471. The maximum atomic E-state index is 10.8. The molecule has 0 amide bonds. The molecule has 0 saturated heterocycles. The zero-order chi connectivity index (χ0) is 18.0. The summed E-state index contributed by atoms with van der Waals surface area (Å²) in [5, 5.41) is 15.1. The second kappa shape index (κ2) is 5.21. The number of rotatable bonds is 0. The van der Waals surface area contributed by atoms with Crippen LogP contribution in [0.3, 0.4) is 0 Å². The van der Waals surface area contributed by atoms with E-state index < -0.39 is 0 Å². The van der Waals surface area contributed by atoms with Gasteiger partial charge in [0.05, 0.1) is 0 Å². The normalized spacial score (nSPS) is 13.8. The van der Waals surface area contributed by atoms with Gasteiger partial charge in [-0.2, -0.15) is 0 Å². The predicted octanol–water partition coefficient (Wildman–Crippen LogP) is 4.30. The molecule has 126 valence electrons. The number of phenols is 1. The van der Waals surface area contributed by atoms with Gasteiger partial charge < -0.3 is 5.11 Å². The van der Waals surface area contributed by atoms with Crippen molar-refractivity contribution >= 4 is 12.2 Å². The van der Waals surface area contributed by atoms with Gasteiger partial charge in [0.25, 0.3) is 0 Å². The number of benzene rings is 4. The summed E-state index contributed by atoms with van der Waals surface area (Å²) in [5.74, 6) is 0.329. The van der Waals surface area contributed by atoms with E-state index in [2.05, 4.69) is 78.9 Å². The number of hydrogen-bond acceptors (Lipinski definition) is 1. The van der Waals surface area contributed by atoms with Crippen molar-refractivity contribution in [1.29, 1.82) is 0 Å². The maximum absolute atomic E-state index is 10.8. The van der Waals surface area contributed by atoms with Crippen LogP contribution in [-0.4, -0.2) is 5.11 Å². The fourth-order valence-corrected chi connectivity index (χ4v) is 4.50. The molecule has 6 rings (SSSR count). The van der Waals surface area contributed by atoms with Gasteiger partial charge in [-0.3, -0.25) is 0 Å². The first-order valence-corrected chi connectivity index (χ1v) is 9.19. The van der Waals surface area contributed by atoms with E-state index >= 15 is 0 Å². The molecule has 1 N–H and O–H groups in total. The van der Waals surface area contributed by atoms with Crippen LogP contribution in [-0.2, 0) is 0 Å². The Kier molecular flexibility index (Phi) is 2.81. The molecule has 4 aromatic carbocycles. The molecule has 4 aromatic rings. The fourth-order valence-electron chi connectivity index (χ4n) is 4.50. The van der Waals surface area contributed by atoms with Crippen molar-refractivity contribution in [3.8, 4) is 28.0 Å². The molecule has 0 atom stereocenters. The summed E-state index contributed by atoms with van der Waals surface area (Å²) >= 11 is 0. The summed E-state index contributed by atoms with van der Waals surface area (Å²) in [6.07, 6.45) is 4.43. The summed E-state index contributed by atoms with van der Waals surface area (Å²) in [6.45, 7) is 0. The summed E-state index contributed by atoms with van der Waals surface area (Å²) in [6, 6.07) is 27.1. The minimum atomic E-state index is 0.329. The first-order valence-electron chi connectivity index (χ1n) is 9.19. The van der Waals surface area contributed by atoms with Crippen molar-refractivity contribution in [3.05, 3.63) is 111 Å². The molecule has 0 saturated carbocycles. The van der Waals surface area contributed by atoms with E-state index in [0.717, 1.165) is 15.7 Å². The lowest BCUT2D eigenvalue weighted by Crippen LogP contribution is -2.11. The van der Waals surface area contributed by atoms with E-state index in [-0.39, 0.29) is 0 Å². The highest BCUT2D eigenvalue weighted by Gasteiger charge is 2.16. The van der Waals surface area contributed by atoms with Gasteiger partial charge in [0.2, 0.25) is 0 Å². The Morgan fingerprint density at radius 3 is 1.81 bits per heavy atom. The van der Waals surface area contributed by atoms with Crippen molar-refractivity contribution in [2.45, 2.75) is 0 Å². The van der Waals surface area contributed by atoms with Gasteiger partial charge in [-0.05, 0) is 67.3 Å². The molecule has 0 bridgehead atoms. The highest BCUT2D eigenvalue weighted by molar-refractivity contribution is 5.84. The Hall–Kier alpha value is -3.58. The molecule has 0 unspecified atom stereocenters. The molecular weight excluding hydrogens is 328 g/mol. The van der Waals surface area contributed by atoms with Crippen LogP contribution in [0.2, 0.25) is 0 Å². The van der Waals surface area contributed by atoms with Crippen LogP contribution in [0.15, 0.2) is 78.9 Å². The Morgan fingerprint density at radius 2 is 1.07 bits per heavy atom. The predicted molar refractivity (Wildman–Crippen MR) is 109 cm³/mol. The summed E-state index contributed by atoms with van der Waals surface area (Å²) in [4.78, 5) is 0. The van der Waals surface area contributed by atoms with Crippen molar-refractivity contribution in [3.63, 3.8) is 0 Å². The van der Waals surface area contributed by atoms with Crippen LogP contribution in [0.4, 0.5) is 0 Å². The molecule has 0 spiro atoms. The topological polar surface area (TPSA) is 20.2 Å². The zero-order valence-electron chi connectivity index (χ0n) is 14.6. The standard InChI is InChI=1S/C26H16O/c27-25-13-12-21-19-9-4-2-7-17(19)15-24(21)26(25)22-11-5-10-20-18-8-3-1-6-16(18)14-23(20)22/h1-15,27H. The van der Waals surface area contributed by atoms with Gasteiger partial charge in [-0.25, -0.2) is 0 Å². The van der Waals surface area contributed by atoms with E-state index in [1.165, 1.54) is 38.6 Å². The number of hydrogen-bond donors (Lipinski definition) is 1. The molecule has 1 nitrogen and oxygen atoms in total. The Labute approximate surface area is 156 Å². The smallest absolute Gasteiger partial charge is 0.124 e. The van der Waals surface area contributed by atoms with Gasteiger partial charge in [0.1, 0.15) is 5.75 Å². The molecule has 27 heavy (non-hydrogen) atoms. The Balaban J connectivity index is 1.86. The van der Waals surface area contributed by atoms with Crippen molar-refractivity contribution in [2.75, 3.05) is 0 Å². The minimum absolute atomic E-state index is 0.329. The molecule has 0 radical (unpaired) electrons.